The lowest BCUT2D eigenvalue weighted by Crippen LogP contribution is -2.39. The Kier molecular flexibility index (Phi) is 5.60. The second-order valence-corrected chi connectivity index (χ2v) is 8.47. The molecule has 1 aromatic carbocycles. The van der Waals surface area contributed by atoms with E-state index >= 15 is 0 Å². The van der Waals surface area contributed by atoms with E-state index in [1.165, 1.54) is 0 Å². The van der Waals surface area contributed by atoms with E-state index in [1.807, 2.05) is 29.2 Å². The summed E-state index contributed by atoms with van der Waals surface area (Å²) in [5.41, 5.74) is 1.58. The Labute approximate surface area is 166 Å². The molecule has 2 fully saturated rings. The number of benzene rings is 1. The molecule has 152 valence electrons. The SMILES string of the molecule is CC(C)N1CCC(Oc2ccc3[nH]c(C(=O)N4CCC(CO)CC4)cc3c2)C1. The first kappa shape index (κ1) is 19.3. The number of hydrogen-bond donors (Lipinski definition) is 2. The molecule has 0 spiro atoms. The fourth-order valence-corrected chi connectivity index (χ4v) is 4.30. The highest BCUT2D eigenvalue weighted by Gasteiger charge is 2.26. The Bertz CT molecular complexity index is 824. The first-order valence-electron chi connectivity index (χ1n) is 10.5. The molecule has 1 amide bonds. The summed E-state index contributed by atoms with van der Waals surface area (Å²) in [6.07, 6.45) is 3.02. The van der Waals surface area contributed by atoms with Crippen molar-refractivity contribution in [3.05, 3.63) is 30.0 Å². The summed E-state index contributed by atoms with van der Waals surface area (Å²) >= 11 is 0. The number of carbonyl (C=O) groups is 1. The van der Waals surface area contributed by atoms with Gasteiger partial charge in [-0.05, 0) is 63.3 Å². The third kappa shape index (κ3) is 4.03. The van der Waals surface area contributed by atoms with E-state index in [-0.39, 0.29) is 18.6 Å². The number of piperidine rings is 1. The summed E-state index contributed by atoms with van der Waals surface area (Å²) < 4.78 is 6.20. The highest BCUT2D eigenvalue weighted by Crippen LogP contribution is 2.26. The topological polar surface area (TPSA) is 68.8 Å². The van der Waals surface area contributed by atoms with Crippen molar-refractivity contribution in [2.24, 2.45) is 5.92 Å². The highest BCUT2D eigenvalue weighted by atomic mass is 16.5. The van der Waals surface area contributed by atoms with E-state index in [4.69, 9.17) is 4.74 Å². The Balaban J connectivity index is 1.43. The maximum absolute atomic E-state index is 12.8. The molecule has 2 saturated heterocycles. The van der Waals surface area contributed by atoms with Gasteiger partial charge in [0.1, 0.15) is 17.5 Å². The number of hydrogen-bond acceptors (Lipinski definition) is 4. The second-order valence-electron chi connectivity index (χ2n) is 8.47. The number of amides is 1. The van der Waals surface area contributed by atoms with Gasteiger partial charge in [0.2, 0.25) is 0 Å². The standard InChI is InChI=1S/C22H31N3O3/c1-15(2)25-10-7-19(13-25)28-18-3-4-20-17(11-18)12-21(23-20)22(27)24-8-5-16(14-26)6-9-24/h3-4,11-12,15-16,19,23,26H,5-10,13-14H2,1-2H3. The second kappa shape index (κ2) is 8.13. The number of aromatic amines is 1. The van der Waals surface area contributed by atoms with Crippen LogP contribution in [0.1, 0.15) is 43.6 Å². The number of aliphatic hydroxyl groups is 1. The van der Waals surface area contributed by atoms with Gasteiger partial charge < -0.3 is 19.7 Å². The summed E-state index contributed by atoms with van der Waals surface area (Å²) in [5.74, 6) is 1.23. The van der Waals surface area contributed by atoms with Crippen LogP contribution in [0.15, 0.2) is 24.3 Å². The number of likely N-dealkylation sites (tertiary alicyclic amines) is 2. The van der Waals surface area contributed by atoms with Crippen molar-refractivity contribution >= 4 is 16.8 Å². The van der Waals surface area contributed by atoms with Crippen LogP contribution in [0, 0.1) is 5.92 Å². The van der Waals surface area contributed by atoms with Crippen molar-refractivity contribution in [3.8, 4) is 5.75 Å². The highest BCUT2D eigenvalue weighted by molar-refractivity contribution is 5.98. The molecule has 2 aliphatic rings. The van der Waals surface area contributed by atoms with E-state index in [1.54, 1.807) is 0 Å². The van der Waals surface area contributed by atoms with E-state index in [2.05, 4.69) is 23.7 Å². The molecule has 6 nitrogen and oxygen atoms in total. The molecule has 0 radical (unpaired) electrons. The zero-order chi connectivity index (χ0) is 19.7. The molecule has 0 aliphatic carbocycles. The smallest absolute Gasteiger partial charge is 0.270 e. The maximum Gasteiger partial charge on any atom is 0.270 e. The lowest BCUT2D eigenvalue weighted by atomic mass is 9.98. The largest absolute Gasteiger partial charge is 0.489 e. The predicted molar refractivity (Wildman–Crippen MR) is 110 cm³/mol. The lowest BCUT2D eigenvalue weighted by molar-refractivity contribution is 0.0646. The van der Waals surface area contributed by atoms with Crippen LogP contribution in [-0.2, 0) is 0 Å². The molecule has 3 heterocycles. The number of aliphatic hydroxyl groups excluding tert-OH is 1. The molecule has 1 atom stereocenters. The van der Waals surface area contributed by atoms with Crippen molar-refractivity contribution < 1.29 is 14.6 Å². The Hall–Kier alpha value is -2.05. The number of nitrogens with one attached hydrogen (secondary N) is 1. The maximum atomic E-state index is 12.8. The molecule has 1 unspecified atom stereocenters. The zero-order valence-corrected chi connectivity index (χ0v) is 16.9. The molecule has 1 aromatic heterocycles. The van der Waals surface area contributed by atoms with E-state index in [9.17, 15) is 9.90 Å². The van der Waals surface area contributed by atoms with Crippen LogP contribution in [0.5, 0.6) is 5.75 Å². The monoisotopic (exact) mass is 385 g/mol. The Morgan fingerprint density at radius 2 is 2.00 bits per heavy atom. The first-order valence-corrected chi connectivity index (χ1v) is 10.5. The average Bonchev–Trinajstić information content (AvgIpc) is 3.34. The van der Waals surface area contributed by atoms with Crippen molar-refractivity contribution in [1.82, 2.24) is 14.8 Å². The van der Waals surface area contributed by atoms with Crippen molar-refractivity contribution in [1.29, 1.82) is 0 Å². The van der Waals surface area contributed by atoms with Gasteiger partial charge in [-0.3, -0.25) is 9.69 Å². The molecular weight excluding hydrogens is 354 g/mol. The van der Waals surface area contributed by atoms with Gasteiger partial charge in [0.25, 0.3) is 5.91 Å². The van der Waals surface area contributed by atoms with E-state index in [0.717, 1.165) is 49.0 Å². The fourth-order valence-electron chi connectivity index (χ4n) is 4.30. The van der Waals surface area contributed by atoms with Crippen LogP contribution >= 0.6 is 0 Å². The number of rotatable bonds is 5. The van der Waals surface area contributed by atoms with Crippen LogP contribution in [-0.4, -0.2) is 70.7 Å². The lowest BCUT2D eigenvalue weighted by Gasteiger charge is -2.30. The number of carbonyl (C=O) groups excluding carboxylic acids is 1. The van der Waals surface area contributed by atoms with Gasteiger partial charge in [-0.1, -0.05) is 0 Å². The summed E-state index contributed by atoms with van der Waals surface area (Å²) in [5, 5.41) is 10.3. The van der Waals surface area contributed by atoms with Gasteiger partial charge in [0.15, 0.2) is 0 Å². The fraction of sp³-hybridized carbons (Fsp3) is 0.591. The van der Waals surface area contributed by atoms with E-state index in [0.29, 0.717) is 30.7 Å². The molecule has 28 heavy (non-hydrogen) atoms. The molecule has 2 aromatic rings. The minimum Gasteiger partial charge on any atom is -0.489 e. The molecule has 4 rings (SSSR count). The normalized spacial score (nSPS) is 21.7. The third-order valence-corrected chi connectivity index (χ3v) is 6.19. The van der Waals surface area contributed by atoms with Gasteiger partial charge in [-0.25, -0.2) is 0 Å². The molecule has 0 saturated carbocycles. The number of H-pyrrole nitrogens is 1. The van der Waals surface area contributed by atoms with Crippen molar-refractivity contribution in [2.45, 2.75) is 45.3 Å². The van der Waals surface area contributed by atoms with Crippen LogP contribution in [0.25, 0.3) is 10.9 Å². The number of nitrogens with zero attached hydrogens (tertiary/aromatic N) is 2. The quantitative estimate of drug-likeness (QED) is 0.830. The third-order valence-electron chi connectivity index (χ3n) is 6.19. The molecular formula is C22H31N3O3. The van der Waals surface area contributed by atoms with Gasteiger partial charge in [0.05, 0.1) is 0 Å². The van der Waals surface area contributed by atoms with Crippen LogP contribution < -0.4 is 4.74 Å². The summed E-state index contributed by atoms with van der Waals surface area (Å²) in [6, 6.07) is 8.49. The zero-order valence-electron chi connectivity index (χ0n) is 16.9. The van der Waals surface area contributed by atoms with Crippen molar-refractivity contribution in [2.75, 3.05) is 32.8 Å². The van der Waals surface area contributed by atoms with Gasteiger partial charge >= 0.3 is 0 Å². The Morgan fingerprint density at radius 3 is 2.68 bits per heavy atom. The summed E-state index contributed by atoms with van der Waals surface area (Å²) in [4.78, 5) is 20.4. The molecule has 6 heteroatoms. The van der Waals surface area contributed by atoms with Crippen molar-refractivity contribution in [3.63, 3.8) is 0 Å². The first-order chi connectivity index (χ1) is 13.5. The minimum absolute atomic E-state index is 0.0402. The molecule has 2 aliphatic heterocycles. The van der Waals surface area contributed by atoms with Crippen LogP contribution in [0.4, 0.5) is 0 Å². The molecule has 0 bridgehead atoms. The predicted octanol–water partition coefficient (Wildman–Crippen LogP) is 2.87. The minimum atomic E-state index is 0.0402. The van der Waals surface area contributed by atoms with Gasteiger partial charge in [-0.2, -0.15) is 0 Å². The Morgan fingerprint density at radius 1 is 1.21 bits per heavy atom. The van der Waals surface area contributed by atoms with E-state index < -0.39 is 0 Å². The number of aromatic nitrogens is 1. The van der Waals surface area contributed by atoms with Crippen LogP contribution in [0.3, 0.4) is 0 Å². The molecule has 2 N–H and O–H groups in total. The average molecular weight is 386 g/mol. The number of ether oxygens (including phenoxy) is 1. The summed E-state index contributed by atoms with van der Waals surface area (Å²) in [7, 11) is 0. The van der Waals surface area contributed by atoms with Crippen LogP contribution in [0.2, 0.25) is 0 Å². The number of fused-ring (bicyclic) bond motifs is 1. The summed E-state index contributed by atoms with van der Waals surface area (Å²) in [6.45, 7) is 8.13. The van der Waals surface area contributed by atoms with Gasteiger partial charge in [-0.15, -0.1) is 0 Å². The van der Waals surface area contributed by atoms with Gasteiger partial charge in [0, 0.05) is 49.7 Å².